The van der Waals surface area contributed by atoms with Gasteiger partial charge in [-0.05, 0) is 68.2 Å². The van der Waals surface area contributed by atoms with Crippen LogP contribution in [0.25, 0.3) is 0 Å². The number of aryl methyl sites for hydroxylation is 1. The molecule has 0 fully saturated rings. The van der Waals surface area contributed by atoms with Crippen molar-refractivity contribution in [3.8, 4) is 0 Å². The van der Waals surface area contributed by atoms with Gasteiger partial charge in [0.1, 0.15) is 5.82 Å². The summed E-state index contributed by atoms with van der Waals surface area (Å²) in [7, 11) is 0. The maximum Gasteiger partial charge on any atom is 0.126 e. The first-order valence-corrected chi connectivity index (χ1v) is 8.60. The van der Waals surface area contributed by atoms with Gasteiger partial charge in [-0.3, -0.25) is 0 Å². The molecule has 1 N–H and O–H groups in total. The third kappa shape index (κ3) is 5.45. The molecule has 0 radical (unpaired) electrons. The van der Waals surface area contributed by atoms with E-state index >= 15 is 0 Å². The van der Waals surface area contributed by atoms with Gasteiger partial charge in [-0.15, -0.1) is 11.8 Å². The summed E-state index contributed by atoms with van der Waals surface area (Å²) in [5, 5.41) is 3.45. The lowest BCUT2D eigenvalue weighted by Crippen LogP contribution is -2.20. The number of halogens is 1. The zero-order valence-corrected chi connectivity index (χ0v) is 14.2. The standard InChI is InChI=1S/C17H28FNS/c1-6-8-19-14(5)15-11-16(18)13(4)10-17(15)20-9-7-12(2)3/h10-12,14,19H,6-9H2,1-5H3. The molecule has 0 aliphatic rings. The van der Waals surface area contributed by atoms with Gasteiger partial charge in [0, 0.05) is 10.9 Å². The topological polar surface area (TPSA) is 12.0 Å². The molecule has 0 saturated heterocycles. The molecule has 0 saturated carbocycles. The van der Waals surface area contributed by atoms with Crippen LogP contribution in [-0.4, -0.2) is 12.3 Å². The van der Waals surface area contributed by atoms with E-state index in [1.165, 1.54) is 11.3 Å². The Morgan fingerprint density at radius 2 is 1.95 bits per heavy atom. The predicted molar refractivity (Wildman–Crippen MR) is 88.0 cm³/mol. The van der Waals surface area contributed by atoms with E-state index in [0.717, 1.165) is 29.8 Å². The quantitative estimate of drug-likeness (QED) is 0.651. The van der Waals surface area contributed by atoms with Crippen molar-refractivity contribution < 1.29 is 4.39 Å². The number of benzene rings is 1. The molecule has 0 aromatic heterocycles. The Bertz CT molecular complexity index is 418. The lowest BCUT2D eigenvalue weighted by molar-refractivity contribution is 0.552. The molecule has 0 amide bonds. The van der Waals surface area contributed by atoms with Gasteiger partial charge in [-0.25, -0.2) is 4.39 Å². The van der Waals surface area contributed by atoms with Gasteiger partial charge in [0.15, 0.2) is 0 Å². The summed E-state index contributed by atoms with van der Waals surface area (Å²) in [5.74, 6) is 1.71. The summed E-state index contributed by atoms with van der Waals surface area (Å²) < 4.78 is 13.9. The first-order valence-electron chi connectivity index (χ1n) is 7.61. The second-order valence-corrected chi connectivity index (χ2v) is 6.98. The van der Waals surface area contributed by atoms with E-state index < -0.39 is 0 Å². The van der Waals surface area contributed by atoms with Crippen LogP contribution in [0.15, 0.2) is 17.0 Å². The van der Waals surface area contributed by atoms with E-state index in [1.54, 1.807) is 6.07 Å². The van der Waals surface area contributed by atoms with E-state index in [2.05, 4.69) is 33.0 Å². The lowest BCUT2D eigenvalue weighted by atomic mass is 10.1. The minimum absolute atomic E-state index is 0.0987. The Kier molecular flexibility index (Phi) is 7.60. The average Bonchev–Trinajstić information content (AvgIpc) is 2.39. The fourth-order valence-electron chi connectivity index (χ4n) is 2.01. The SMILES string of the molecule is CCCNC(C)c1cc(F)c(C)cc1SCCC(C)C. The maximum absolute atomic E-state index is 13.9. The minimum Gasteiger partial charge on any atom is -0.310 e. The van der Waals surface area contributed by atoms with Crippen LogP contribution in [0.4, 0.5) is 4.39 Å². The largest absolute Gasteiger partial charge is 0.310 e. The molecule has 0 aliphatic carbocycles. The second-order valence-electron chi connectivity index (χ2n) is 5.85. The molecule has 114 valence electrons. The van der Waals surface area contributed by atoms with Crippen LogP contribution in [0, 0.1) is 18.7 Å². The van der Waals surface area contributed by atoms with Crippen molar-refractivity contribution in [3.05, 3.63) is 29.1 Å². The van der Waals surface area contributed by atoms with Gasteiger partial charge in [-0.2, -0.15) is 0 Å². The van der Waals surface area contributed by atoms with Gasteiger partial charge < -0.3 is 5.32 Å². The van der Waals surface area contributed by atoms with E-state index in [0.29, 0.717) is 5.92 Å². The van der Waals surface area contributed by atoms with Crippen LogP contribution in [0.3, 0.4) is 0 Å². The van der Waals surface area contributed by atoms with Crippen molar-refractivity contribution in [2.45, 2.75) is 58.4 Å². The van der Waals surface area contributed by atoms with Crippen molar-refractivity contribution in [3.63, 3.8) is 0 Å². The predicted octanol–water partition coefficient (Wildman–Crippen LogP) is 5.33. The number of thioether (sulfide) groups is 1. The molecule has 0 spiro atoms. The summed E-state index contributed by atoms with van der Waals surface area (Å²) in [4.78, 5) is 1.22. The monoisotopic (exact) mass is 297 g/mol. The minimum atomic E-state index is -0.0987. The maximum atomic E-state index is 13.9. The van der Waals surface area contributed by atoms with Crippen LogP contribution in [0.5, 0.6) is 0 Å². The Hall–Kier alpha value is -0.540. The van der Waals surface area contributed by atoms with Gasteiger partial charge in [0.2, 0.25) is 0 Å². The molecular weight excluding hydrogens is 269 g/mol. The summed E-state index contributed by atoms with van der Waals surface area (Å²) in [5.41, 5.74) is 1.83. The van der Waals surface area contributed by atoms with Crippen molar-refractivity contribution in [1.29, 1.82) is 0 Å². The summed E-state index contributed by atoms with van der Waals surface area (Å²) in [6.07, 6.45) is 2.28. The fourth-order valence-corrected chi connectivity index (χ4v) is 3.48. The second kappa shape index (κ2) is 8.68. The highest BCUT2D eigenvalue weighted by molar-refractivity contribution is 7.99. The highest BCUT2D eigenvalue weighted by atomic mass is 32.2. The highest BCUT2D eigenvalue weighted by Crippen LogP contribution is 2.31. The van der Waals surface area contributed by atoms with E-state index in [9.17, 15) is 4.39 Å². The van der Waals surface area contributed by atoms with Crippen LogP contribution in [0.2, 0.25) is 0 Å². The van der Waals surface area contributed by atoms with Crippen molar-refractivity contribution in [1.82, 2.24) is 5.32 Å². The first kappa shape index (κ1) is 17.5. The molecule has 0 bridgehead atoms. The molecule has 1 unspecified atom stereocenters. The summed E-state index contributed by atoms with van der Waals surface area (Å²) in [6, 6.07) is 3.91. The highest BCUT2D eigenvalue weighted by Gasteiger charge is 2.13. The van der Waals surface area contributed by atoms with E-state index in [1.807, 2.05) is 24.8 Å². The number of hydrogen-bond acceptors (Lipinski definition) is 2. The number of nitrogens with one attached hydrogen (secondary N) is 1. The smallest absolute Gasteiger partial charge is 0.126 e. The molecule has 1 atom stereocenters. The van der Waals surface area contributed by atoms with Crippen LogP contribution in [0.1, 0.15) is 57.7 Å². The van der Waals surface area contributed by atoms with Crippen molar-refractivity contribution >= 4 is 11.8 Å². The zero-order chi connectivity index (χ0) is 15.1. The van der Waals surface area contributed by atoms with Crippen molar-refractivity contribution in [2.75, 3.05) is 12.3 Å². The third-order valence-corrected chi connectivity index (χ3v) is 4.52. The van der Waals surface area contributed by atoms with Gasteiger partial charge >= 0.3 is 0 Å². The van der Waals surface area contributed by atoms with Crippen molar-refractivity contribution in [2.24, 2.45) is 5.92 Å². The molecule has 20 heavy (non-hydrogen) atoms. The van der Waals surface area contributed by atoms with Gasteiger partial charge in [0.05, 0.1) is 0 Å². The zero-order valence-electron chi connectivity index (χ0n) is 13.4. The molecule has 0 aliphatic heterocycles. The molecule has 0 heterocycles. The summed E-state index contributed by atoms with van der Waals surface area (Å²) >= 11 is 1.85. The van der Waals surface area contributed by atoms with Crippen LogP contribution < -0.4 is 5.32 Å². The molecule has 1 aromatic rings. The van der Waals surface area contributed by atoms with Crippen LogP contribution >= 0.6 is 11.8 Å². The summed E-state index contributed by atoms with van der Waals surface area (Å²) in [6.45, 7) is 11.5. The lowest BCUT2D eigenvalue weighted by Gasteiger charge is -2.19. The Morgan fingerprint density at radius 1 is 1.25 bits per heavy atom. The molecule has 1 nitrogen and oxygen atoms in total. The Morgan fingerprint density at radius 3 is 2.55 bits per heavy atom. The Labute approximate surface area is 127 Å². The molecule has 1 rings (SSSR count). The normalized spacial score (nSPS) is 12.9. The van der Waals surface area contributed by atoms with Crippen LogP contribution in [-0.2, 0) is 0 Å². The molecule has 3 heteroatoms. The van der Waals surface area contributed by atoms with Gasteiger partial charge in [-0.1, -0.05) is 20.8 Å². The molecule has 1 aromatic carbocycles. The van der Waals surface area contributed by atoms with Gasteiger partial charge in [0.25, 0.3) is 0 Å². The number of rotatable bonds is 8. The number of hydrogen-bond donors (Lipinski definition) is 1. The van der Waals surface area contributed by atoms with E-state index in [-0.39, 0.29) is 11.9 Å². The van der Waals surface area contributed by atoms with E-state index in [4.69, 9.17) is 0 Å². The molecular formula is C17H28FNS. The fraction of sp³-hybridized carbons (Fsp3) is 0.647. The third-order valence-electron chi connectivity index (χ3n) is 3.41. The average molecular weight is 297 g/mol. The first-order chi connectivity index (χ1) is 9.45. The Balaban J connectivity index is 2.86.